The zero-order valence-electron chi connectivity index (χ0n) is 16.3. The highest BCUT2D eigenvalue weighted by Gasteiger charge is 2.31. The van der Waals surface area contributed by atoms with Crippen LogP contribution >= 0.6 is 10.7 Å². The van der Waals surface area contributed by atoms with Gasteiger partial charge in [-0.15, -0.1) is 10.7 Å². The number of hydrogen-bond donors (Lipinski definition) is 1. The molecule has 1 aromatic carbocycles. The molecule has 8 heteroatoms. The second kappa shape index (κ2) is 7.44. The number of carbonyl (C=O) groups is 1. The van der Waals surface area contributed by atoms with Crippen molar-refractivity contribution in [2.75, 3.05) is 10.6 Å². The number of anilines is 1. The third-order valence-electron chi connectivity index (χ3n) is 5.20. The number of aromatic carboxylic acids is 1. The lowest BCUT2D eigenvalue weighted by molar-refractivity contribution is 0.0689. The third kappa shape index (κ3) is 3.23. The minimum Gasteiger partial charge on any atom is -0.476 e. The molecule has 3 aromatic rings. The highest BCUT2D eigenvalue weighted by atomic mass is 32.2. The minimum atomic E-state index is -1.05. The molecular weight excluding hydrogens is 391 g/mol. The van der Waals surface area contributed by atoms with Crippen LogP contribution in [0.4, 0.5) is 10.1 Å². The Hall–Kier alpha value is -3.00. The molecule has 0 amide bonds. The van der Waals surface area contributed by atoms with E-state index in [2.05, 4.69) is 26.0 Å². The molecule has 1 aliphatic heterocycles. The Labute approximate surface area is 170 Å². The molecule has 0 aliphatic carbocycles. The van der Waals surface area contributed by atoms with Crippen LogP contribution in [0, 0.1) is 12.7 Å². The number of nitrogens with zero attached hydrogens (tertiary/aromatic N) is 4. The van der Waals surface area contributed by atoms with E-state index < -0.39 is 5.97 Å². The highest BCUT2D eigenvalue weighted by Crippen LogP contribution is 2.46. The molecule has 0 radical (unpaired) electrons. The maximum atomic E-state index is 14.5. The lowest BCUT2D eigenvalue weighted by Gasteiger charge is -2.31. The monoisotopic (exact) mass is 412 g/mol. The Morgan fingerprint density at radius 3 is 2.76 bits per heavy atom. The van der Waals surface area contributed by atoms with Crippen LogP contribution in [0.5, 0.6) is 0 Å². The summed E-state index contributed by atoms with van der Waals surface area (Å²) in [6.07, 6.45) is 5.68. The Kier molecular flexibility index (Phi) is 4.96. The van der Waals surface area contributed by atoms with E-state index in [4.69, 9.17) is 0 Å². The first-order chi connectivity index (χ1) is 13.9. The number of rotatable bonds is 4. The van der Waals surface area contributed by atoms with Crippen molar-refractivity contribution in [1.29, 1.82) is 0 Å². The van der Waals surface area contributed by atoms with Crippen molar-refractivity contribution in [3.8, 4) is 11.3 Å². The average Bonchev–Trinajstić information content (AvgIpc) is 3.21. The van der Waals surface area contributed by atoms with Gasteiger partial charge in [0.25, 0.3) is 0 Å². The fourth-order valence-electron chi connectivity index (χ4n) is 3.92. The fourth-order valence-corrected chi connectivity index (χ4v) is 5.61. The van der Waals surface area contributed by atoms with E-state index in [1.807, 2.05) is 24.3 Å². The first kappa shape index (κ1) is 19.3. The van der Waals surface area contributed by atoms with E-state index in [0.717, 1.165) is 23.4 Å². The smallest absolute Gasteiger partial charge is 0.356 e. The molecule has 6 nitrogen and oxygen atoms in total. The van der Waals surface area contributed by atoms with Crippen LogP contribution in [-0.2, 0) is 7.05 Å². The molecule has 0 bridgehead atoms. The summed E-state index contributed by atoms with van der Waals surface area (Å²) >= 11 is 0. The molecule has 150 valence electrons. The second-order valence-corrected chi connectivity index (χ2v) is 8.71. The van der Waals surface area contributed by atoms with Gasteiger partial charge in [0.2, 0.25) is 0 Å². The van der Waals surface area contributed by atoms with Gasteiger partial charge >= 0.3 is 5.97 Å². The van der Waals surface area contributed by atoms with Crippen LogP contribution < -0.4 is 4.31 Å². The summed E-state index contributed by atoms with van der Waals surface area (Å²) in [6, 6.07) is 9.39. The first-order valence-corrected chi connectivity index (χ1v) is 10.8. The van der Waals surface area contributed by atoms with Gasteiger partial charge in [-0.1, -0.05) is 18.2 Å². The average molecular weight is 412 g/mol. The van der Waals surface area contributed by atoms with Crippen LogP contribution in [0.2, 0.25) is 0 Å². The summed E-state index contributed by atoms with van der Waals surface area (Å²) in [5.41, 5.74) is 3.81. The quantitative estimate of drug-likeness (QED) is 0.651. The molecule has 0 spiro atoms. The van der Waals surface area contributed by atoms with E-state index in [1.54, 1.807) is 30.9 Å². The summed E-state index contributed by atoms with van der Waals surface area (Å²) < 4.78 is 18.3. The first-order valence-electron chi connectivity index (χ1n) is 9.13. The summed E-state index contributed by atoms with van der Waals surface area (Å²) in [5, 5.41) is 15.8. The van der Waals surface area contributed by atoms with E-state index in [-0.39, 0.29) is 28.2 Å². The second-order valence-electron chi connectivity index (χ2n) is 6.93. The normalized spacial score (nSPS) is 18.7. The summed E-state index contributed by atoms with van der Waals surface area (Å²) in [5.74, 6) is -1.37. The zero-order chi connectivity index (χ0) is 20.7. The van der Waals surface area contributed by atoms with Crippen molar-refractivity contribution >= 4 is 27.7 Å². The Morgan fingerprint density at radius 2 is 2.07 bits per heavy atom. The molecule has 1 aliphatic rings. The van der Waals surface area contributed by atoms with Gasteiger partial charge in [0, 0.05) is 29.9 Å². The molecule has 0 saturated carbocycles. The van der Waals surface area contributed by atoms with Crippen LogP contribution in [-0.4, -0.2) is 37.5 Å². The van der Waals surface area contributed by atoms with E-state index in [0.29, 0.717) is 11.1 Å². The molecule has 4 rings (SSSR count). The van der Waals surface area contributed by atoms with Crippen LogP contribution in [0.3, 0.4) is 0 Å². The van der Waals surface area contributed by atoms with Crippen molar-refractivity contribution in [1.82, 2.24) is 14.8 Å². The summed E-state index contributed by atoms with van der Waals surface area (Å²) in [6.45, 7) is 1.77. The number of carboxylic acid groups (broad SMARTS) is 1. The highest BCUT2D eigenvalue weighted by molar-refractivity contribution is 8.15. The van der Waals surface area contributed by atoms with Crippen molar-refractivity contribution in [2.45, 2.75) is 19.4 Å². The standard InChI is InChI=1S/C21H21FN4O2S/c1-13-19(21(27)28)24-25(2)20(13)15-6-4-5-7-17(15)26-18(9-11-29(26)3)14-8-10-23-12-16(14)22/h4-8,10-12,18H,9H2,1-3H3,(H,27,28). The maximum Gasteiger partial charge on any atom is 0.356 e. The van der Waals surface area contributed by atoms with E-state index in [1.165, 1.54) is 6.20 Å². The largest absolute Gasteiger partial charge is 0.476 e. The van der Waals surface area contributed by atoms with Gasteiger partial charge in [-0.2, -0.15) is 5.10 Å². The Morgan fingerprint density at radius 1 is 1.31 bits per heavy atom. The summed E-state index contributed by atoms with van der Waals surface area (Å²) in [4.78, 5) is 15.4. The van der Waals surface area contributed by atoms with Crippen molar-refractivity contribution in [2.24, 2.45) is 7.05 Å². The van der Waals surface area contributed by atoms with Gasteiger partial charge in [-0.25, -0.2) is 9.18 Å². The molecular formula is C21H21FN4O2S. The van der Waals surface area contributed by atoms with Crippen LogP contribution in [0.25, 0.3) is 11.3 Å². The summed E-state index contributed by atoms with van der Waals surface area (Å²) in [7, 11) is 1.52. The number of pyridine rings is 1. The minimum absolute atomic E-state index is 0.0394. The number of hydrogen-bond acceptors (Lipinski definition) is 4. The topological polar surface area (TPSA) is 71.2 Å². The number of halogens is 1. The number of aryl methyl sites for hydroxylation is 1. The van der Waals surface area contributed by atoms with Gasteiger partial charge in [0.15, 0.2) is 5.69 Å². The Bertz CT molecular complexity index is 1140. The molecule has 1 N–H and O–H groups in total. The number of para-hydroxylation sites is 1. The van der Waals surface area contributed by atoms with E-state index in [9.17, 15) is 14.3 Å². The molecule has 3 heterocycles. The molecule has 2 atom stereocenters. The fraction of sp³-hybridized carbons (Fsp3) is 0.238. The van der Waals surface area contributed by atoms with Gasteiger partial charge in [-0.05, 0) is 37.1 Å². The van der Waals surface area contributed by atoms with Crippen molar-refractivity contribution in [3.05, 3.63) is 65.4 Å². The Balaban J connectivity index is 1.88. The van der Waals surface area contributed by atoms with Crippen LogP contribution in [0.15, 0.2) is 42.7 Å². The van der Waals surface area contributed by atoms with Gasteiger partial charge in [0.05, 0.1) is 23.6 Å². The maximum absolute atomic E-state index is 14.5. The molecule has 0 saturated heterocycles. The number of aromatic nitrogens is 3. The zero-order valence-corrected chi connectivity index (χ0v) is 17.2. The molecule has 2 aromatic heterocycles. The molecule has 2 unspecified atom stereocenters. The lowest BCUT2D eigenvalue weighted by atomic mass is 10.0. The van der Waals surface area contributed by atoms with E-state index >= 15 is 0 Å². The number of benzene rings is 1. The SMILES string of the molecule is Cc1c(C(=O)O)nn(C)c1-c1ccccc1N1C(c2ccncc2F)CC=S1C. The lowest BCUT2D eigenvalue weighted by Crippen LogP contribution is -2.21. The predicted octanol–water partition coefficient (Wildman–Crippen LogP) is 4.20. The number of carboxylic acids is 1. The third-order valence-corrected chi connectivity index (χ3v) is 6.95. The van der Waals surface area contributed by atoms with Crippen LogP contribution in [0.1, 0.15) is 34.1 Å². The van der Waals surface area contributed by atoms with Gasteiger partial charge < -0.3 is 9.41 Å². The molecule has 0 fully saturated rings. The van der Waals surface area contributed by atoms with Gasteiger partial charge in [-0.3, -0.25) is 9.67 Å². The molecule has 29 heavy (non-hydrogen) atoms. The van der Waals surface area contributed by atoms with Gasteiger partial charge in [0.1, 0.15) is 5.82 Å². The predicted molar refractivity (Wildman–Crippen MR) is 114 cm³/mol. The van der Waals surface area contributed by atoms with Crippen molar-refractivity contribution < 1.29 is 14.3 Å². The van der Waals surface area contributed by atoms with Crippen molar-refractivity contribution in [3.63, 3.8) is 0 Å².